The van der Waals surface area contributed by atoms with Gasteiger partial charge in [0.25, 0.3) is 5.56 Å². The molecule has 0 spiro atoms. The molecule has 0 saturated heterocycles. The number of para-hydroxylation sites is 1. The molecular formula is C15H20N2O2. The molecule has 1 heterocycles. The maximum atomic E-state index is 12.4. The van der Waals surface area contributed by atoms with E-state index in [-0.39, 0.29) is 11.2 Å². The van der Waals surface area contributed by atoms with Crippen molar-refractivity contribution in [2.24, 2.45) is 0 Å². The van der Waals surface area contributed by atoms with Gasteiger partial charge in [-0.2, -0.15) is 0 Å². The fourth-order valence-electron chi connectivity index (χ4n) is 2.39. The summed E-state index contributed by atoms with van der Waals surface area (Å²) in [6.07, 6.45) is 3.16. The molecule has 0 radical (unpaired) electrons. The maximum Gasteiger partial charge on any atom is 0.331 e. The molecule has 2 rings (SSSR count). The van der Waals surface area contributed by atoms with Gasteiger partial charge in [-0.25, -0.2) is 4.79 Å². The lowest BCUT2D eigenvalue weighted by Crippen LogP contribution is -2.39. The number of hydrogen-bond acceptors (Lipinski definition) is 2. The first kappa shape index (κ1) is 13.6. The number of rotatable bonds is 5. The Morgan fingerprint density at radius 1 is 1.00 bits per heavy atom. The van der Waals surface area contributed by atoms with Crippen molar-refractivity contribution in [1.82, 2.24) is 9.13 Å². The second kappa shape index (κ2) is 5.87. The summed E-state index contributed by atoms with van der Waals surface area (Å²) in [5.41, 5.74) is 0.371. The minimum absolute atomic E-state index is 0.185. The van der Waals surface area contributed by atoms with E-state index in [2.05, 4.69) is 6.92 Å². The first-order chi connectivity index (χ1) is 9.20. The van der Waals surface area contributed by atoms with Gasteiger partial charge < -0.3 is 0 Å². The predicted octanol–water partition coefficient (Wildman–Crippen LogP) is 2.37. The molecule has 0 aliphatic rings. The zero-order chi connectivity index (χ0) is 13.8. The summed E-state index contributed by atoms with van der Waals surface area (Å²) >= 11 is 0. The third-order valence-electron chi connectivity index (χ3n) is 3.43. The van der Waals surface area contributed by atoms with E-state index >= 15 is 0 Å². The van der Waals surface area contributed by atoms with Crippen molar-refractivity contribution in [3.63, 3.8) is 0 Å². The molecule has 4 heteroatoms. The van der Waals surface area contributed by atoms with Crippen LogP contribution in [0.3, 0.4) is 0 Å². The number of hydrogen-bond donors (Lipinski definition) is 0. The van der Waals surface area contributed by atoms with Crippen molar-refractivity contribution in [2.75, 3.05) is 0 Å². The van der Waals surface area contributed by atoms with Gasteiger partial charge in [-0.05, 0) is 25.5 Å². The number of unbranched alkanes of at least 4 members (excludes halogenated alkanes) is 2. The third-order valence-corrected chi connectivity index (χ3v) is 3.43. The highest BCUT2D eigenvalue weighted by atomic mass is 16.2. The van der Waals surface area contributed by atoms with Gasteiger partial charge in [-0.3, -0.25) is 13.9 Å². The van der Waals surface area contributed by atoms with Crippen LogP contribution in [0.15, 0.2) is 33.9 Å². The fourth-order valence-corrected chi connectivity index (χ4v) is 2.39. The Kier molecular flexibility index (Phi) is 4.20. The number of aromatic nitrogens is 2. The number of aryl methyl sites for hydroxylation is 1. The van der Waals surface area contributed by atoms with Crippen molar-refractivity contribution >= 4 is 10.9 Å². The minimum atomic E-state index is -0.192. The lowest BCUT2D eigenvalue weighted by Gasteiger charge is -2.12. The van der Waals surface area contributed by atoms with Gasteiger partial charge in [0, 0.05) is 13.1 Å². The Bertz CT molecular complexity index is 683. The van der Waals surface area contributed by atoms with Crippen LogP contribution in [0.2, 0.25) is 0 Å². The summed E-state index contributed by atoms with van der Waals surface area (Å²) in [6.45, 7) is 5.05. The molecule has 0 N–H and O–H groups in total. The molecule has 19 heavy (non-hydrogen) atoms. The van der Waals surface area contributed by atoms with E-state index in [4.69, 9.17) is 0 Å². The summed E-state index contributed by atoms with van der Waals surface area (Å²) in [5.74, 6) is 0. The van der Waals surface area contributed by atoms with Crippen molar-refractivity contribution < 1.29 is 0 Å². The topological polar surface area (TPSA) is 44.0 Å². The predicted molar refractivity (Wildman–Crippen MR) is 77.7 cm³/mol. The van der Waals surface area contributed by atoms with E-state index in [1.54, 1.807) is 10.6 Å². The summed E-state index contributed by atoms with van der Waals surface area (Å²) in [6, 6.07) is 7.35. The lowest BCUT2D eigenvalue weighted by molar-refractivity contribution is 0.552. The average Bonchev–Trinajstić information content (AvgIpc) is 2.43. The van der Waals surface area contributed by atoms with Crippen LogP contribution in [0.25, 0.3) is 10.9 Å². The Morgan fingerprint density at radius 3 is 2.42 bits per heavy atom. The largest absolute Gasteiger partial charge is 0.331 e. The second-order valence-corrected chi connectivity index (χ2v) is 4.71. The van der Waals surface area contributed by atoms with Crippen molar-refractivity contribution in [3.8, 4) is 0 Å². The van der Waals surface area contributed by atoms with Crippen LogP contribution in [0.4, 0.5) is 0 Å². The SMILES string of the molecule is CCCCCn1c(=O)n(CC)c(=O)c2ccccc21. The van der Waals surface area contributed by atoms with Crippen molar-refractivity contribution in [2.45, 2.75) is 46.2 Å². The van der Waals surface area contributed by atoms with Gasteiger partial charge in [0.15, 0.2) is 0 Å². The highest BCUT2D eigenvalue weighted by molar-refractivity contribution is 5.77. The van der Waals surface area contributed by atoms with E-state index in [9.17, 15) is 9.59 Å². The monoisotopic (exact) mass is 260 g/mol. The third kappa shape index (κ3) is 2.48. The van der Waals surface area contributed by atoms with Crippen LogP contribution in [0.5, 0.6) is 0 Å². The molecule has 0 fully saturated rings. The van der Waals surface area contributed by atoms with Gasteiger partial charge in [0.1, 0.15) is 0 Å². The second-order valence-electron chi connectivity index (χ2n) is 4.71. The molecule has 4 nitrogen and oxygen atoms in total. The van der Waals surface area contributed by atoms with Crippen LogP contribution in [0.1, 0.15) is 33.1 Å². The molecular weight excluding hydrogens is 240 g/mol. The van der Waals surface area contributed by atoms with Crippen LogP contribution < -0.4 is 11.2 Å². The van der Waals surface area contributed by atoms with E-state index in [1.165, 1.54) is 4.57 Å². The average molecular weight is 260 g/mol. The van der Waals surface area contributed by atoms with E-state index in [0.717, 1.165) is 24.8 Å². The quantitative estimate of drug-likeness (QED) is 0.775. The Balaban J connectivity index is 2.66. The van der Waals surface area contributed by atoms with Crippen LogP contribution >= 0.6 is 0 Å². The molecule has 0 aliphatic heterocycles. The number of nitrogens with zero attached hydrogens (tertiary/aromatic N) is 2. The van der Waals surface area contributed by atoms with E-state index in [1.807, 2.05) is 25.1 Å². The van der Waals surface area contributed by atoms with E-state index in [0.29, 0.717) is 18.5 Å². The Labute approximate surface area is 112 Å². The minimum Gasteiger partial charge on any atom is -0.293 e. The summed E-state index contributed by atoms with van der Waals surface area (Å²) in [4.78, 5) is 24.6. The summed E-state index contributed by atoms with van der Waals surface area (Å²) < 4.78 is 3.05. The standard InChI is InChI=1S/C15H20N2O2/c1-3-5-8-11-17-13-10-7-6-9-12(13)14(18)16(4-2)15(17)19/h6-7,9-10H,3-5,8,11H2,1-2H3. The zero-order valence-electron chi connectivity index (χ0n) is 11.6. The van der Waals surface area contributed by atoms with Gasteiger partial charge in [0.05, 0.1) is 10.9 Å². The van der Waals surface area contributed by atoms with Crippen molar-refractivity contribution in [1.29, 1.82) is 0 Å². The van der Waals surface area contributed by atoms with Crippen LogP contribution in [0, 0.1) is 0 Å². The van der Waals surface area contributed by atoms with Gasteiger partial charge >= 0.3 is 5.69 Å². The van der Waals surface area contributed by atoms with Crippen LogP contribution in [-0.2, 0) is 13.1 Å². The molecule has 0 atom stereocenters. The maximum absolute atomic E-state index is 12.4. The molecule has 1 aromatic carbocycles. The normalized spacial score (nSPS) is 11.1. The summed E-state index contributed by atoms with van der Waals surface area (Å²) in [7, 11) is 0. The molecule has 0 bridgehead atoms. The smallest absolute Gasteiger partial charge is 0.293 e. The lowest BCUT2D eigenvalue weighted by atomic mass is 10.2. The van der Waals surface area contributed by atoms with Gasteiger partial charge in [-0.15, -0.1) is 0 Å². The molecule has 2 aromatic rings. The van der Waals surface area contributed by atoms with E-state index < -0.39 is 0 Å². The highest BCUT2D eigenvalue weighted by Gasteiger charge is 2.10. The first-order valence-electron chi connectivity index (χ1n) is 6.93. The Morgan fingerprint density at radius 2 is 1.74 bits per heavy atom. The molecule has 0 aliphatic carbocycles. The molecule has 1 aromatic heterocycles. The van der Waals surface area contributed by atoms with Crippen molar-refractivity contribution in [3.05, 3.63) is 45.1 Å². The first-order valence-corrected chi connectivity index (χ1v) is 6.93. The molecule has 102 valence electrons. The molecule has 0 amide bonds. The van der Waals surface area contributed by atoms with Gasteiger partial charge in [-0.1, -0.05) is 31.9 Å². The number of fused-ring (bicyclic) bond motifs is 1. The fraction of sp³-hybridized carbons (Fsp3) is 0.467. The highest BCUT2D eigenvalue weighted by Crippen LogP contribution is 2.08. The summed E-state index contributed by atoms with van der Waals surface area (Å²) in [5, 5.41) is 0.625. The zero-order valence-corrected chi connectivity index (χ0v) is 11.6. The molecule has 0 unspecified atom stereocenters. The van der Waals surface area contributed by atoms with Crippen LogP contribution in [-0.4, -0.2) is 9.13 Å². The molecule has 0 saturated carbocycles. The number of benzene rings is 1. The van der Waals surface area contributed by atoms with Gasteiger partial charge in [0.2, 0.25) is 0 Å². The Hall–Kier alpha value is -1.84.